The molecule has 4 nitrogen and oxygen atoms in total. The van der Waals surface area contributed by atoms with Crippen LogP contribution in [0.4, 0.5) is 10.1 Å². The van der Waals surface area contributed by atoms with Gasteiger partial charge in [-0.05, 0) is 42.0 Å². The van der Waals surface area contributed by atoms with E-state index in [-0.39, 0.29) is 12.7 Å². The van der Waals surface area contributed by atoms with Crippen LogP contribution in [-0.4, -0.2) is 17.0 Å². The summed E-state index contributed by atoms with van der Waals surface area (Å²) in [6.07, 6.45) is 1.73. The van der Waals surface area contributed by atoms with Crippen molar-refractivity contribution in [1.29, 1.82) is 0 Å². The summed E-state index contributed by atoms with van der Waals surface area (Å²) < 4.78 is 25.3. The number of thioether (sulfide) groups is 1. The number of anilines is 1. The van der Waals surface area contributed by atoms with Crippen LogP contribution in [0, 0.1) is 5.82 Å². The van der Waals surface area contributed by atoms with E-state index in [0.29, 0.717) is 26.4 Å². The van der Waals surface area contributed by atoms with E-state index in [9.17, 15) is 9.18 Å². The number of nitrogens with zero attached hydrogens (tertiary/aromatic N) is 1. The Kier molecular flexibility index (Phi) is 4.26. The van der Waals surface area contributed by atoms with Gasteiger partial charge in [-0.25, -0.2) is 4.39 Å². The van der Waals surface area contributed by atoms with Crippen molar-refractivity contribution in [1.82, 2.24) is 0 Å². The molecule has 0 atom stereocenters. The Labute approximate surface area is 160 Å². The molecule has 0 unspecified atom stereocenters. The highest BCUT2D eigenvalue weighted by molar-refractivity contribution is 9.10. The second-order valence-corrected chi connectivity index (χ2v) is 7.75. The highest BCUT2D eigenvalue weighted by Crippen LogP contribution is 2.40. The van der Waals surface area contributed by atoms with Gasteiger partial charge in [0.2, 0.25) is 6.79 Å². The van der Waals surface area contributed by atoms with Crippen LogP contribution in [0.3, 0.4) is 0 Å². The number of carbonyl (C=O) groups excluding carboxylic acids is 1. The van der Waals surface area contributed by atoms with E-state index >= 15 is 0 Å². The predicted molar refractivity (Wildman–Crippen MR) is 102 cm³/mol. The minimum Gasteiger partial charge on any atom is -0.454 e. The second-order valence-electron chi connectivity index (χ2n) is 5.22. The Morgan fingerprint density at radius 3 is 2.76 bits per heavy atom. The lowest BCUT2D eigenvalue weighted by atomic mass is 10.2. The van der Waals surface area contributed by atoms with Crippen molar-refractivity contribution in [2.45, 2.75) is 0 Å². The van der Waals surface area contributed by atoms with Gasteiger partial charge in [-0.1, -0.05) is 46.0 Å². The van der Waals surface area contributed by atoms with Crippen molar-refractivity contribution in [3.8, 4) is 11.5 Å². The van der Waals surface area contributed by atoms with E-state index in [4.69, 9.17) is 21.7 Å². The first-order chi connectivity index (χ1) is 12.0. The molecular formula is C17H9BrFNO3S2. The van der Waals surface area contributed by atoms with Crippen molar-refractivity contribution in [2.24, 2.45) is 0 Å². The minimum atomic E-state index is -0.422. The molecule has 1 amide bonds. The van der Waals surface area contributed by atoms with Gasteiger partial charge in [-0.2, -0.15) is 0 Å². The summed E-state index contributed by atoms with van der Waals surface area (Å²) >= 11 is 9.93. The number of halogens is 2. The number of hydrogen-bond donors (Lipinski definition) is 0. The first-order valence-corrected chi connectivity index (χ1v) is 9.17. The molecule has 2 heterocycles. The van der Waals surface area contributed by atoms with E-state index in [1.165, 1.54) is 28.8 Å². The Hall–Kier alpha value is -1.90. The molecule has 2 aliphatic heterocycles. The quantitative estimate of drug-likeness (QED) is 0.501. The molecule has 2 aliphatic rings. The molecule has 2 aromatic rings. The van der Waals surface area contributed by atoms with Gasteiger partial charge in [-0.15, -0.1) is 0 Å². The lowest BCUT2D eigenvalue weighted by Gasteiger charge is -2.14. The molecule has 0 radical (unpaired) electrons. The van der Waals surface area contributed by atoms with Gasteiger partial charge in [0, 0.05) is 4.47 Å². The number of fused-ring (bicyclic) bond motifs is 1. The summed E-state index contributed by atoms with van der Waals surface area (Å²) in [4.78, 5) is 14.5. The van der Waals surface area contributed by atoms with Crippen LogP contribution in [-0.2, 0) is 4.79 Å². The molecule has 0 bridgehead atoms. The van der Waals surface area contributed by atoms with Crippen LogP contribution in [0.2, 0.25) is 0 Å². The van der Waals surface area contributed by atoms with Gasteiger partial charge in [0.05, 0.1) is 10.6 Å². The number of rotatable bonds is 2. The van der Waals surface area contributed by atoms with Crippen LogP contribution in [0.25, 0.3) is 6.08 Å². The highest BCUT2D eigenvalue weighted by atomic mass is 79.9. The summed E-state index contributed by atoms with van der Waals surface area (Å²) in [6.45, 7) is 0.174. The smallest absolute Gasteiger partial charge is 0.270 e. The fraction of sp³-hybridized carbons (Fsp3) is 0.0588. The summed E-state index contributed by atoms with van der Waals surface area (Å²) in [7, 11) is 0. The Morgan fingerprint density at radius 1 is 1.24 bits per heavy atom. The average molecular weight is 438 g/mol. The third-order valence-corrected chi connectivity index (χ3v) is 5.63. The van der Waals surface area contributed by atoms with Crippen molar-refractivity contribution in [2.75, 3.05) is 11.7 Å². The fourth-order valence-corrected chi connectivity index (χ4v) is 4.22. The number of hydrogen-bond acceptors (Lipinski definition) is 5. The van der Waals surface area contributed by atoms with E-state index in [1.807, 2.05) is 0 Å². The van der Waals surface area contributed by atoms with Crippen molar-refractivity contribution >= 4 is 61.9 Å². The normalized spacial score (nSPS) is 17.7. The topological polar surface area (TPSA) is 38.8 Å². The Balaban J connectivity index is 1.69. The number of benzene rings is 2. The van der Waals surface area contributed by atoms with Gasteiger partial charge in [0.15, 0.2) is 15.8 Å². The number of amides is 1. The van der Waals surface area contributed by atoms with E-state index in [2.05, 4.69) is 15.9 Å². The molecule has 126 valence electrons. The second kappa shape index (κ2) is 6.44. The maximum atomic E-state index is 13.5. The standard InChI is InChI=1S/C17H9BrFNO3S2/c18-12-7-14-13(22-8-23-14)4-9(12)5-15-16(21)20(17(24)25-15)11-3-1-2-10(19)6-11/h1-7H,8H2. The SMILES string of the molecule is O=C1C(=Cc2cc3c(cc2Br)OCO3)SC(=S)N1c1cccc(F)c1. The van der Waals surface area contributed by atoms with Crippen molar-refractivity contribution in [3.63, 3.8) is 0 Å². The molecule has 0 aromatic heterocycles. The average Bonchev–Trinajstić information content (AvgIpc) is 3.12. The molecule has 0 saturated carbocycles. The summed E-state index contributed by atoms with van der Waals surface area (Å²) in [5.74, 6) is 0.561. The highest BCUT2D eigenvalue weighted by Gasteiger charge is 2.33. The lowest BCUT2D eigenvalue weighted by Crippen LogP contribution is -2.27. The molecule has 4 rings (SSSR count). The monoisotopic (exact) mass is 437 g/mol. The molecule has 8 heteroatoms. The van der Waals surface area contributed by atoms with Gasteiger partial charge >= 0.3 is 0 Å². The van der Waals surface area contributed by atoms with Gasteiger partial charge in [-0.3, -0.25) is 9.69 Å². The van der Waals surface area contributed by atoms with Crippen LogP contribution in [0.1, 0.15) is 5.56 Å². The largest absolute Gasteiger partial charge is 0.454 e. The molecule has 1 saturated heterocycles. The first kappa shape index (κ1) is 16.6. The van der Waals surface area contributed by atoms with E-state index in [0.717, 1.165) is 10.0 Å². The van der Waals surface area contributed by atoms with E-state index in [1.54, 1.807) is 30.3 Å². The zero-order valence-electron chi connectivity index (χ0n) is 12.5. The zero-order valence-corrected chi connectivity index (χ0v) is 15.7. The van der Waals surface area contributed by atoms with Crippen LogP contribution in [0.5, 0.6) is 11.5 Å². The molecular weight excluding hydrogens is 429 g/mol. The number of ether oxygens (including phenoxy) is 2. The Morgan fingerprint density at radius 2 is 2.00 bits per heavy atom. The number of carbonyl (C=O) groups is 1. The maximum Gasteiger partial charge on any atom is 0.270 e. The maximum absolute atomic E-state index is 13.5. The summed E-state index contributed by atoms with van der Waals surface area (Å²) in [5.41, 5.74) is 1.18. The summed E-state index contributed by atoms with van der Waals surface area (Å²) in [5, 5.41) is 0. The minimum absolute atomic E-state index is 0.174. The molecule has 25 heavy (non-hydrogen) atoms. The molecule has 0 spiro atoms. The first-order valence-electron chi connectivity index (χ1n) is 7.15. The zero-order chi connectivity index (χ0) is 17.6. The third-order valence-electron chi connectivity index (χ3n) is 3.64. The third kappa shape index (κ3) is 3.05. The molecule has 0 aliphatic carbocycles. The van der Waals surface area contributed by atoms with Crippen LogP contribution >= 0.6 is 39.9 Å². The van der Waals surface area contributed by atoms with Crippen LogP contribution in [0.15, 0.2) is 45.8 Å². The molecule has 2 aromatic carbocycles. The number of thiocarbonyl (C=S) groups is 1. The van der Waals surface area contributed by atoms with E-state index < -0.39 is 5.82 Å². The molecule has 0 N–H and O–H groups in total. The van der Waals surface area contributed by atoms with Crippen molar-refractivity contribution < 1.29 is 18.7 Å². The van der Waals surface area contributed by atoms with Crippen LogP contribution < -0.4 is 14.4 Å². The molecule has 1 fully saturated rings. The van der Waals surface area contributed by atoms with Gasteiger partial charge in [0.25, 0.3) is 5.91 Å². The summed E-state index contributed by atoms with van der Waals surface area (Å²) in [6, 6.07) is 9.38. The van der Waals surface area contributed by atoms with Gasteiger partial charge in [0.1, 0.15) is 5.82 Å². The van der Waals surface area contributed by atoms with Crippen molar-refractivity contribution in [3.05, 3.63) is 57.2 Å². The fourth-order valence-electron chi connectivity index (χ4n) is 2.49. The lowest BCUT2D eigenvalue weighted by molar-refractivity contribution is -0.113. The Bertz CT molecular complexity index is 947. The van der Waals surface area contributed by atoms with Gasteiger partial charge < -0.3 is 9.47 Å². The predicted octanol–water partition coefficient (Wildman–Crippen LogP) is 4.72.